The molecule has 0 aliphatic heterocycles. The summed E-state index contributed by atoms with van der Waals surface area (Å²) >= 11 is 0. The number of aromatic amines is 6. The zero-order chi connectivity index (χ0) is 26.6. The van der Waals surface area contributed by atoms with E-state index in [0.717, 1.165) is 28.5 Å². The van der Waals surface area contributed by atoms with Gasteiger partial charge >= 0.3 is 26.0 Å². The third-order valence-corrected chi connectivity index (χ3v) is 6.06. The van der Waals surface area contributed by atoms with Gasteiger partial charge in [0.05, 0.1) is 11.4 Å². The number of aromatic nitrogens is 10. The Morgan fingerprint density at radius 2 is 1.03 bits per heavy atom. The number of rotatable bonds is 3. The van der Waals surface area contributed by atoms with Crippen molar-refractivity contribution in [3.05, 3.63) is 87.3 Å². The predicted molar refractivity (Wildman–Crippen MR) is 140 cm³/mol. The molecule has 0 unspecified atom stereocenters. The maximum absolute atomic E-state index is 3.89. The van der Waals surface area contributed by atoms with Crippen molar-refractivity contribution in [3.8, 4) is 0 Å². The molecule has 0 aromatic carbocycles. The first-order valence-corrected chi connectivity index (χ1v) is 12.4. The van der Waals surface area contributed by atoms with E-state index in [-0.39, 0.29) is 18.9 Å². The molecule has 10 nitrogen and oxygen atoms in total. The predicted octanol–water partition coefficient (Wildman–Crippen LogP) is -1.48. The molecule has 0 bridgehead atoms. The maximum atomic E-state index is 3.89. The van der Waals surface area contributed by atoms with Gasteiger partial charge in [-0.05, 0) is 47.6 Å². The molecule has 0 atom stereocenters. The molecule has 0 fully saturated rings. The monoisotopic (exact) mass is 500 g/mol. The van der Waals surface area contributed by atoms with Crippen molar-refractivity contribution in [2.24, 2.45) is 0 Å². The molecule has 192 valence electrons. The molecule has 5 rings (SSSR count). The van der Waals surface area contributed by atoms with Crippen molar-refractivity contribution >= 4 is 7.12 Å². The molecule has 0 saturated carbocycles. The first-order chi connectivity index (χ1) is 16.9. The number of aryl methyl sites for hydroxylation is 10. The Kier molecular flexibility index (Phi) is 10.4. The molecule has 0 aliphatic carbocycles. The number of hydrogen-bond donors (Lipinski definition) is 2. The van der Waals surface area contributed by atoms with Crippen LogP contribution in [0.5, 0.6) is 0 Å². The molecule has 0 aliphatic rings. The summed E-state index contributed by atoms with van der Waals surface area (Å²) in [6.07, 6.45) is 0. The molecule has 5 aromatic rings. The van der Waals surface area contributed by atoms with E-state index in [0.29, 0.717) is 0 Å². The van der Waals surface area contributed by atoms with Gasteiger partial charge in [-0.15, -0.1) is 5.10 Å². The third-order valence-electron chi connectivity index (χ3n) is 6.06. The van der Waals surface area contributed by atoms with Gasteiger partial charge in [-0.25, -0.2) is 0 Å². The van der Waals surface area contributed by atoms with Crippen LogP contribution >= 0.6 is 0 Å². The fourth-order valence-electron chi connectivity index (χ4n) is 4.63. The van der Waals surface area contributed by atoms with Crippen molar-refractivity contribution in [2.45, 2.75) is 69.2 Å². The summed E-state index contributed by atoms with van der Waals surface area (Å²) in [7, 11) is -1.09. The van der Waals surface area contributed by atoms with E-state index in [1.807, 2.05) is 33.8 Å². The Hall–Kier alpha value is -3.29. The van der Waals surface area contributed by atoms with Gasteiger partial charge in [0.15, 0.2) is 17.1 Å². The second-order valence-corrected chi connectivity index (χ2v) is 9.90. The Bertz CT molecular complexity index is 1240. The van der Waals surface area contributed by atoms with Gasteiger partial charge in [0.1, 0.15) is 0 Å². The van der Waals surface area contributed by atoms with Gasteiger partial charge < -0.3 is 0 Å². The van der Waals surface area contributed by atoms with Crippen LogP contribution in [0.2, 0.25) is 0 Å². The van der Waals surface area contributed by atoms with Crippen molar-refractivity contribution in [1.82, 2.24) is 29.1 Å². The molecule has 0 spiro atoms. The molecule has 0 radical (unpaired) electrons. The van der Waals surface area contributed by atoms with Gasteiger partial charge in [0.2, 0.25) is 5.69 Å². The minimum Gasteiger partial charge on any atom is -0.283 e. The molecule has 5 aromatic heterocycles. The van der Waals surface area contributed by atoms with Crippen molar-refractivity contribution in [1.29, 1.82) is 0 Å². The fourth-order valence-corrected chi connectivity index (χ4v) is 4.63. The topological polar surface area (TPSA) is 116 Å². The number of hydrogen-bond acceptors (Lipinski definition) is 1. The van der Waals surface area contributed by atoms with Gasteiger partial charge in [0.25, 0.3) is 0 Å². The summed E-state index contributed by atoms with van der Waals surface area (Å²) in [6.45, 7) is 20.7. The van der Waals surface area contributed by atoms with Crippen LogP contribution < -0.4 is 39.3 Å². The van der Waals surface area contributed by atoms with Crippen LogP contribution in [0.1, 0.15) is 56.9 Å². The van der Waals surface area contributed by atoms with Gasteiger partial charge in [0, 0.05) is 74.7 Å². The summed E-state index contributed by atoms with van der Waals surface area (Å²) in [5, 5.41) is 23.1. The molecule has 0 amide bonds. The summed E-state index contributed by atoms with van der Waals surface area (Å²) < 4.78 is 6.75. The summed E-state index contributed by atoms with van der Waals surface area (Å²) in [5.74, 6) is 0. The molecule has 0 saturated heterocycles. The van der Waals surface area contributed by atoms with E-state index in [1.54, 1.807) is 0 Å². The zero-order valence-corrected chi connectivity index (χ0v) is 24.4. The second-order valence-electron chi connectivity index (χ2n) is 9.90. The Morgan fingerprint density at radius 1 is 0.595 bits per heavy atom. The number of nitrogens with zero attached hydrogens (tertiary/aromatic N) is 4. The molecular weight excluding hydrogens is 458 g/mol. The minimum atomic E-state index is -1.09. The first-order valence-electron chi connectivity index (χ1n) is 12.4. The van der Waals surface area contributed by atoms with Crippen molar-refractivity contribution < 1.29 is 39.3 Å². The van der Waals surface area contributed by atoms with Crippen LogP contribution in [0, 0.1) is 69.2 Å². The van der Waals surface area contributed by atoms with Gasteiger partial charge in [-0.3, -0.25) is 18.9 Å². The Morgan fingerprint density at radius 3 is 1.19 bits per heavy atom. The average Bonchev–Trinajstić information content (AvgIpc) is 3.57. The minimum absolute atomic E-state index is 0. The molecule has 12 heteroatoms. The van der Waals surface area contributed by atoms with E-state index in [1.165, 1.54) is 28.5 Å². The van der Waals surface area contributed by atoms with Crippen molar-refractivity contribution in [3.63, 3.8) is 0 Å². The van der Waals surface area contributed by atoms with E-state index >= 15 is 0 Å². The van der Waals surface area contributed by atoms with Gasteiger partial charge in [-0.1, -0.05) is 0 Å². The first kappa shape index (κ1) is 29.9. The third kappa shape index (κ3) is 7.85. The van der Waals surface area contributed by atoms with Crippen LogP contribution in [0.3, 0.4) is 0 Å². The van der Waals surface area contributed by atoms with Gasteiger partial charge in [-0.2, -0.15) is 25.5 Å². The van der Waals surface area contributed by atoms with Crippen LogP contribution in [0.4, 0.5) is 0 Å². The Labute approximate surface area is 231 Å². The van der Waals surface area contributed by atoms with Crippen LogP contribution in [-0.2, 0) is 0 Å². The SMILES string of the molecule is Cc1cc(C)[nH+][nH]1.Cc1cc(C)[nH]n1.Cc1cc(C)n([BH-](n2[nH+]c(C)cc2C)n2[nH+]c(C)cc2C)[nH+]1.[Li+]. The fraction of sp³-hybridized carbons (Fsp3) is 0.400. The average molecular weight is 500 g/mol. The molecule has 6 N–H and O–H groups in total. The van der Waals surface area contributed by atoms with Crippen molar-refractivity contribution in [2.75, 3.05) is 0 Å². The van der Waals surface area contributed by atoms with Crippen LogP contribution in [0.15, 0.2) is 30.3 Å². The summed E-state index contributed by atoms with van der Waals surface area (Å²) in [5.41, 5.74) is 11.7. The molecule has 5 heterocycles. The van der Waals surface area contributed by atoms with Crippen LogP contribution in [0.25, 0.3) is 0 Å². The van der Waals surface area contributed by atoms with E-state index in [2.05, 4.69) is 115 Å². The zero-order valence-electron chi connectivity index (χ0n) is 24.4. The number of nitrogens with one attached hydrogen (secondary N) is 6. The molecule has 37 heavy (non-hydrogen) atoms. The van der Waals surface area contributed by atoms with Crippen LogP contribution in [-0.4, -0.2) is 36.2 Å². The quantitative estimate of drug-likeness (QED) is 0.289. The van der Waals surface area contributed by atoms with E-state index in [4.69, 9.17) is 0 Å². The summed E-state index contributed by atoms with van der Waals surface area (Å²) in [6, 6.07) is 10.6. The molecular formula is C25H42BLiN10+4. The summed E-state index contributed by atoms with van der Waals surface area (Å²) in [4.78, 5) is 0. The Balaban J connectivity index is 0.000000262. The second kappa shape index (κ2) is 12.8. The smallest absolute Gasteiger partial charge is 0.283 e. The van der Waals surface area contributed by atoms with E-state index in [9.17, 15) is 0 Å². The maximum Gasteiger partial charge on any atom is 1.00 e. The normalized spacial score (nSPS) is 10.5. The number of H-pyrrole nitrogens is 6. The van der Waals surface area contributed by atoms with E-state index < -0.39 is 7.12 Å². The standard InChI is InChI=1S/C15H22BN6.2C5H8N2.Li/c1-10-7-13(4)20(17-10)16(21-14(5)8-11(2)18-21)22-15(6)9-12(3)19-22;2*1-4-3-5(2)7-6-4;/h7-9,16H,1-6H3;2*3H,1-2H3,(H,6,7);/q-1;;;+1/p+4. The largest absolute Gasteiger partial charge is 1.00 e.